The molecule has 10 nitrogen and oxygen atoms in total. The first kappa shape index (κ1) is 22.0. The zero-order valence-corrected chi connectivity index (χ0v) is 16.1. The molecular weight excluding hydrogens is 386 g/mol. The molecule has 2 heterocycles. The van der Waals surface area contributed by atoms with Crippen LogP contribution >= 0.6 is 0 Å². The van der Waals surface area contributed by atoms with Gasteiger partial charge in [0.25, 0.3) is 0 Å². The number of methoxy groups -OCH3 is 1. The number of aromatic carboxylic acids is 1. The molecule has 0 radical (unpaired) electrons. The highest BCUT2D eigenvalue weighted by atomic mass is 16.6. The molecule has 1 aromatic heterocycles. The Balaban J connectivity index is 2.14. The second-order valence-electron chi connectivity index (χ2n) is 6.33. The van der Waals surface area contributed by atoms with Crippen LogP contribution in [0.25, 0.3) is 0 Å². The van der Waals surface area contributed by atoms with Crippen LogP contribution in [0.1, 0.15) is 30.4 Å². The average molecular weight is 408 g/mol. The quantitative estimate of drug-likeness (QED) is 0.295. The van der Waals surface area contributed by atoms with Crippen LogP contribution in [0.15, 0.2) is 36.7 Å². The van der Waals surface area contributed by atoms with E-state index in [0.717, 1.165) is 12.2 Å². The maximum absolute atomic E-state index is 11.7. The van der Waals surface area contributed by atoms with E-state index in [0.29, 0.717) is 0 Å². The van der Waals surface area contributed by atoms with Crippen LogP contribution in [-0.4, -0.2) is 54.9 Å². The van der Waals surface area contributed by atoms with Crippen LogP contribution in [0, 0.1) is 5.92 Å². The largest absolute Gasteiger partial charge is 0.477 e. The lowest BCUT2D eigenvalue weighted by Gasteiger charge is -2.17. The van der Waals surface area contributed by atoms with Crippen LogP contribution in [0.5, 0.6) is 0 Å². The lowest BCUT2D eigenvalue weighted by molar-refractivity contribution is -0.765. The first-order valence-electron chi connectivity index (χ1n) is 8.72. The maximum atomic E-state index is 11.7. The van der Waals surface area contributed by atoms with E-state index >= 15 is 0 Å². The van der Waals surface area contributed by atoms with Gasteiger partial charge in [-0.1, -0.05) is 6.92 Å². The number of carboxylic acid groups (broad SMARTS) is 1. The van der Waals surface area contributed by atoms with Crippen LogP contribution in [0.3, 0.4) is 0 Å². The molecule has 4 atom stereocenters. The van der Waals surface area contributed by atoms with Gasteiger partial charge in [0.1, 0.15) is 18.3 Å². The van der Waals surface area contributed by atoms with Gasteiger partial charge in [0.15, 0.2) is 18.5 Å². The third kappa shape index (κ3) is 5.85. The molecular formula is C19H22NO9+. The molecule has 2 rings (SSSR count). The van der Waals surface area contributed by atoms with Gasteiger partial charge in [-0.3, -0.25) is 4.79 Å². The van der Waals surface area contributed by atoms with Crippen molar-refractivity contribution in [3.63, 3.8) is 0 Å². The van der Waals surface area contributed by atoms with Crippen molar-refractivity contribution in [2.24, 2.45) is 5.92 Å². The molecule has 10 heteroatoms. The monoisotopic (exact) mass is 408 g/mol. The minimum Gasteiger partial charge on any atom is -0.477 e. The summed E-state index contributed by atoms with van der Waals surface area (Å²) in [4.78, 5) is 45.5. The fraction of sp³-hybridized carbons (Fsp3) is 0.421. The highest BCUT2D eigenvalue weighted by Crippen LogP contribution is 2.33. The summed E-state index contributed by atoms with van der Waals surface area (Å²) in [6.45, 7) is 2.87. The Morgan fingerprint density at radius 1 is 1.24 bits per heavy atom. The van der Waals surface area contributed by atoms with Gasteiger partial charge in [0, 0.05) is 31.1 Å². The van der Waals surface area contributed by atoms with Gasteiger partial charge in [0.05, 0.1) is 7.11 Å². The molecule has 0 spiro atoms. The van der Waals surface area contributed by atoms with Crippen molar-refractivity contribution in [2.75, 3.05) is 13.7 Å². The molecule has 0 unspecified atom stereocenters. The Bertz CT molecular complexity index is 820. The number of hydrogen-bond donors (Lipinski definition) is 1. The Kier molecular flexibility index (Phi) is 7.43. The maximum Gasteiger partial charge on any atom is 0.341 e. The van der Waals surface area contributed by atoms with Crippen molar-refractivity contribution >= 4 is 23.9 Å². The number of pyridine rings is 1. The lowest BCUT2D eigenvalue weighted by Crippen LogP contribution is -2.46. The Labute approximate surface area is 166 Å². The second kappa shape index (κ2) is 9.78. The standard InChI is InChI=1S/C19H21NO9/c1-11-14(10-27-16(23)7-6-15(22)26-3)29-18(17(11)28-12(2)21)20-8-4-5-13(9-20)19(24)25/h4-9,11,14,17-18H,10H2,1-3H3/p+1/b7-6+/t11-,14-,17-,18-/m1/s1. The molecule has 0 amide bonds. The fourth-order valence-corrected chi connectivity index (χ4v) is 2.83. The summed E-state index contributed by atoms with van der Waals surface area (Å²) in [5, 5.41) is 9.18. The van der Waals surface area contributed by atoms with Crippen molar-refractivity contribution in [3.05, 3.63) is 42.2 Å². The zero-order chi connectivity index (χ0) is 21.6. The number of carbonyl (C=O) groups is 4. The predicted molar refractivity (Wildman–Crippen MR) is 94.3 cm³/mol. The Hall–Kier alpha value is -3.27. The highest BCUT2D eigenvalue weighted by Gasteiger charge is 2.50. The molecule has 1 aliphatic heterocycles. The Morgan fingerprint density at radius 3 is 2.55 bits per heavy atom. The van der Waals surface area contributed by atoms with Gasteiger partial charge in [-0.25, -0.2) is 14.4 Å². The fourth-order valence-electron chi connectivity index (χ4n) is 2.83. The number of rotatable bonds is 7. The number of ether oxygens (including phenoxy) is 4. The van der Waals surface area contributed by atoms with E-state index in [1.165, 1.54) is 36.9 Å². The topological polar surface area (TPSA) is 129 Å². The summed E-state index contributed by atoms with van der Waals surface area (Å²) < 4.78 is 22.2. The number of carbonyl (C=O) groups excluding carboxylic acids is 3. The van der Waals surface area contributed by atoms with Crippen molar-refractivity contribution in [1.82, 2.24) is 0 Å². The molecule has 0 aliphatic carbocycles. The van der Waals surface area contributed by atoms with E-state index in [-0.39, 0.29) is 18.1 Å². The first-order valence-corrected chi connectivity index (χ1v) is 8.72. The van der Waals surface area contributed by atoms with E-state index in [1.54, 1.807) is 13.1 Å². The van der Waals surface area contributed by atoms with E-state index < -0.39 is 42.3 Å². The van der Waals surface area contributed by atoms with Crippen molar-refractivity contribution < 1.29 is 47.8 Å². The molecule has 1 aliphatic rings. The van der Waals surface area contributed by atoms with Crippen LogP contribution in [-0.2, 0) is 33.3 Å². The minimum absolute atomic E-state index is 0.0353. The van der Waals surface area contributed by atoms with Crippen LogP contribution in [0.2, 0.25) is 0 Å². The zero-order valence-electron chi connectivity index (χ0n) is 16.1. The predicted octanol–water partition coefficient (Wildman–Crippen LogP) is 0.410. The molecule has 29 heavy (non-hydrogen) atoms. The van der Waals surface area contributed by atoms with Gasteiger partial charge in [-0.05, 0) is 6.07 Å². The summed E-state index contributed by atoms with van der Waals surface area (Å²) in [5.74, 6) is -3.46. The SMILES string of the molecule is COC(=O)/C=C/C(=O)OC[C@H]1O[C@@H]([n+]2cccc(C(=O)O)c2)[C@H](OC(C)=O)[C@@H]1C. The second-order valence-corrected chi connectivity index (χ2v) is 6.33. The van der Waals surface area contributed by atoms with Gasteiger partial charge in [-0.2, -0.15) is 4.57 Å². The molecule has 0 saturated carbocycles. The van der Waals surface area contributed by atoms with Crippen molar-refractivity contribution in [1.29, 1.82) is 0 Å². The Morgan fingerprint density at radius 2 is 1.93 bits per heavy atom. The lowest BCUT2D eigenvalue weighted by atomic mass is 10.0. The smallest absolute Gasteiger partial charge is 0.341 e. The molecule has 1 saturated heterocycles. The number of esters is 3. The van der Waals surface area contributed by atoms with Gasteiger partial charge < -0.3 is 24.1 Å². The van der Waals surface area contributed by atoms with Gasteiger partial charge in [0.2, 0.25) is 0 Å². The number of aromatic nitrogens is 1. The van der Waals surface area contributed by atoms with Gasteiger partial charge in [-0.15, -0.1) is 0 Å². The molecule has 1 fully saturated rings. The summed E-state index contributed by atoms with van der Waals surface area (Å²) >= 11 is 0. The first-order chi connectivity index (χ1) is 13.7. The van der Waals surface area contributed by atoms with Crippen LogP contribution < -0.4 is 4.57 Å². The minimum atomic E-state index is -1.11. The molecule has 0 aromatic carbocycles. The molecule has 0 bridgehead atoms. The summed E-state index contributed by atoms with van der Waals surface area (Å²) in [5.41, 5.74) is 0.0353. The number of nitrogens with zero attached hydrogens (tertiary/aromatic N) is 1. The van der Waals surface area contributed by atoms with E-state index in [4.69, 9.17) is 14.2 Å². The number of hydrogen-bond acceptors (Lipinski definition) is 8. The van der Waals surface area contributed by atoms with Crippen LogP contribution in [0.4, 0.5) is 0 Å². The third-order valence-electron chi connectivity index (χ3n) is 4.31. The number of carboxylic acids is 1. The van der Waals surface area contributed by atoms with Gasteiger partial charge >= 0.3 is 30.1 Å². The highest BCUT2D eigenvalue weighted by molar-refractivity contribution is 5.91. The van der Waals surface area contributed by atoms with Crippen molar-refractivity contribution in [2.45, 2.75) is 32.3 Å². The molecule has 1 aromatic rings. The summed E-state index contributed by atoms with van der Waals surface area (Å²) in [7, 11) is 1.18. The normalized spacial score (nSPS) is 23.6. The summed E-state index contributed by atoms with van der Waals surface area (Å²) in [6.07, 6.45) is 2.66. The van der Waals surface area contributed by atoms with Crippen molar-refractivity contribution in [3.8, 4) is 0 Å². The molecule has 1 N–H and O–H groups in total. The average Bonchev–Trinajstić information content (AvgIpc) is 2.99. The van der Waals surface area contributed by atoms with E-state index in [9.17, 15) is 24.3 Å². The summed E-state index contributed by atoms with van der Waals surface area (Å²) in [6, 6.07) is 2.96. The van der Waals surface area contributed by atoms with E-state index in [2.05, 4.69) is 4.74 Å². The van der Waals surface area contributed by atoms with E-state index in [1.807, 2.05) is 0 Å². The third-order valence-corrected chi connectivity index (χ3v) is 4.31. The molecule has 156 valence electrons.